The summed E-state index contributed by atoms with van der Waals surface area (Å²) < 4.78 is 0. The van der Waals surface area contributed by atoms with Gasteiger partial charge >= 0.3 is 5.97 Å². The quantitative estimate of drug-likeness (QED) is 0.802. The second kappa shape index (κ2) is 6.75. The third kappa shape index (κ3) is 3.85. The molecule has 0 bridgehead atoms. The van der Waals surface area contributed by atoms with E-state index in [1.165, 1.54) is 0 Å². The Hall–Kier alpha value is -2.46. The normalized spacial score (nSPS) is 12.7. The highest BCUT2D eigenvalue weighted by Gasteiger charge is 2.33. The number of carbonyl (C=O) groups excluding carboxylic acids is 1. The molecule has 0 saturated heterocycles. The first kappa shape index (κ1) is 16.9. The van der Waals surface area contributed by atoms with Gasteiger partial charge in [-0.25, -0.2) is 0 Å². The molecule has 0 spiro atoms. The highest BCUT2D eigenvalue weighted by molar-refractivity contribution is 6.05. The molecular weight excluding hydrogens is 290 g/mol. The van der Waals surface area contributed by atoms with Crippen LogP contribution < -0.4 is 5.73 Å². The van der Waals surface area contributed by atoms with E-state index in [0.29, 0.717) is 5.56 Å². The van der Waals surface area contributed by atoms with Gasteiger partial charge in [0.25, 0.3) is 0 Å². The monoisotopic (exact) mass is 311 g/mol. The van der Waals surface area contributed by atoms with Crippen molar-refractivity contribution in [1.82, 2.24) is 0 Å². The third-order valence-electron chi connectivity index (χ3n) is 3.92. The van der Waals surface area contributed by atoms with E-state index >= 15 is 0 Å². The molecule has 2 rings (SSSR count). The topological polar surface area (TPSA) is 80.4 Å². The van der Waals surface area contributed by atoms with Crippen LogP contribution in [0.4, 0.5) is 0 Å². The molecule has 4 heteroatoms. The Kier molecular flexibility index (Phi) is 4.96. The minimum atomic E-state index is -1.10. The fourth-order valence-electron chi connectivity index (χ4n) is 2.64. The third-order valence-corrected chi connectivity index (χ3v) is 3.92. The second-order valence-corrected chi connectivity index (χ2v) is 6.27. The Balaban J connectivity index is 2.39. The Morgan fingerprint density at radius 1 is 1.04 bits per heavy atom. The molecule has 0 aliphatic carbocycles. The van der Waals surface area contributed by atoms with Crippen LogP contribution in [0.2, 0.25) is 0 Å². The molecule has 0 saturated carbocycles. The van der Waals surface area contributed by atoms with Crippen LogP contribution in [0.25, 0.3) is 11.1 Å². The molecule has 1 atom stereocenters. The minimum Gasteiger partial charge on any atom is -0.480 e. The van der Waals surface area contributed by atoms with Gasteiger partial charge in [0.05, 0.1) is 0 Å². The molecule has 3 N–H and O–H groups in total. The molecule has 0 amide bonds. The first-order valence-electron chi connectivity index (χ1n) is 7.50. The smallest absolute Gasteiger partial charge is 0.320 e. The maximum atomic E-state index is 13.0. The molecule has 0 aliphatic rings. The molecule has 120 valence electrons. The molecule has 0 aromatic heterocycles. The molecule has 0 fully saturated rings. The van der Waals surface area contributed by atoms with Gasteiger partial charge in [-0.15, -0.1) is 0 Å². The molecule has 0 aliphatic heterocycles. The van der Waals surface area contributed by atoms with Gasteiger partial charge in [0.1, 0.15) is 6.04 Å². The summed E-state index contributed by atoms with van der Waals surface area (Å²) >= 11 is 0. The lowest BCUT2D eigenvalue weighted by Crippen LogP contribution is -2.38. The van der Waals surface area contributed by atoms with Gasteiger partial charge < -0.3 is 10.8 Å². The van der Waals surface area contributed by atoms with E-state index in [-0.39, 0.29) is 12.2 Å². The van der Waals surface area contributed by atoms with Gasteiger partial charge in [-0.1, -0.05) is 68.4 Å². The number of benzene rings is 2. The van der Waals surface area contributed by atoms with Crippen LogP contribution in [0, 0.1) is 5.41 Å². The lowest BCUT2D eigenvalue weighted by atomic mass is 9.77. The number of nitrogens with two attached hydrogens (primary N) is 1. The van der Waals surface area contributed by atoms with Crippen LogP contribution in [-0.2, 0) is 4.79 Å². The average molecular weight is 311 g/mol. The Morgan fingerprint density at radius 2 is 1.61 bits per heavy atom. The molecule has 2 aromatic rings. The summed E-state index contributed by atoms with van der Waals surface area (Å²) in [6, 6.07) is 16.0. The number of ketones is 1. The SMILES string of the molecule is CC(C)(CC(N)C(=O)O)C(=O)c1ccccc1-c1ccccc1. The number of carbonyl (C=O) groups is 2. The van der Waals surface area contributed by atoms with E-state index < -0.39 is 17.4 Å². The first-order chi connectivity index (χ1) is 10.8. The number of hydrogen-bond acceptors (Lipinski definition) is 3. The molecule has 1 unspecified atom stereocenters. The number of aliphatic carboxylic acids is 1. The summed E-state index contributed by atoms with van der Waals surface area (Å²) in [6.07, 6.45) is 0.0876. The van der Waals surface area contributed by atoms with Crippen molar-refractivity contribution in [3.8, 4) is 11.1 Å². The van der Waals surface area contributed by atoms with Crippen LogP contribution in [0.5, 0.6) is 0 Å². The molecule has 0 radical (unpaired) electrons. The Labute approximate surface area is 136 Å². The van der Waals surface area contributed by atoms with Gasteiger partial charge in [-0.3, -0.25) is 9.59 Å². The van der Waals surface area contributed by atoms with Crippen molar-refractivity contribution in [2.75, 3.05) is 0 Å². The summed E-state index contributed by atoms with van der Waals surface area (Å²) in [7, 11) is 0. The van der Waals surface area contributed by atoms with E-state index in [9.17, 15) is 9.59 Å². The van der Waals surface area contributed by atoms with E-state index in [1.54, 1.807) is 19.9 Å². The van der Waals surface area contributed by atoms with Gasteiger partial charge in [0.2, 0.25) is 0 Å². The zero-order valence-electron chi connectivity index (χ0n) is 13.3. The molecular formula is C19H21NO3. The standard InChI is InChI=1S/C19H21NO3/c1-19(2,12-16(20)18(22)23)17(21)15-11-7-6-10-14(15)13-8-4-3-5-9-13/h3-11,16H,12,20H2,1-2H3,(H,22,23). The minimum absolute atomic E-state index is 0.0876. The van der Waals surface area contributed by atoms with E-state index in [4.69, 9.17) is 10.8 Å². The summed E-state index contributed by atoms with van der Waals surface area (Å²) in [6.45, 7) is 3.47. The molecule has 0 heterocycles. The van der Waals surface area contributed by atoms with Gasteiger partial charge in [-0.05, 0) is 17.5 Å². The lowest BCUT2D eigenvalue weighted by Gasteiger charge is -2.26. The van der Waals surface area contributed by atoms with Crippen molar-refractivity contribution >= 4 is 11.8 Å². The zero-order chi connectivity index (χ0) is 17.0. The number of carboxylic acids is 1. The fraction of sp³-hybridized carbons (Fsp3) is 0.263. The molecule has 2 aromatic carbocycles. The highest BCUT2D eigenvalue weighted by Crippen LogP contribution is 2.32. The van der Waals surface area contributed by atoms with E-state index in [0.717, 1.165) is 11.1 Å². The predicted molar refractivity (Wildman–Crippen MR) is 90.2 cm³/mol. The zero-order valence-corrected chi connectivity index (χ0v) is 13.3. The van der Waals surface area contributed by atoms with E-state index in [2.05, 4.69) is 0 Å². The second-order valence-electron chi connectivity index (χ2n) is 6.27. The number of hydrogen-bond donors (Lipinski definition) is 2. The van der Waals surface area contributed by atoms with Gasteiger partial charge in [-0.2, -0.15) is 0 Å². The van der Waals surface area contributed by atoms with Crippen molar-refractivity contribution in [2.24, 2.45) is 11.1 Å². The van der Waals surface area contributed by atoms with Crippen LogP contribution in [0.1, 0.15) is 30.6 Å². The number of carboxylic acid groups (broad SMARTS) is 1. The van der Waals surface area contributed by atoms with Crippen LogP contribution in [-0.4, -0.2) is 22.9 Å². The highest BCUT2D eigenvalue weighted by atomic mass is 16.4. The average Bonchev–Trinajstić information content (AvgIpc) is 2.54. The summed E-state index contributed by atoms with van der Waals surface area (Å²) in [5.41, 5.74) is 7.14. The van der Waals surface area contributed by atoms with Crippen LogP contribution >= 0.6 is 0 Å². The summed E-state index contributed by atoms with van der Waals surface area (Å²) in [5, 5.41) is 8.99. The lowest BCUT2D eigenvalue weighted by molar-refractivity contribution is -0.139. The van der Waals surface area contributed by atoms with Crippen molar-refractivity contribution in [2.45, 2.75) is 26.3 Å². The van der Waals surface area contributed by atoms with Crippen LogP contribution in [0.3, 0.4) is 0 Å². The van der Waals surface area contributed by atoms with Crippen molar-refractivity contribution in [1.29, 1.82) is 0 Å². The maximum absolute atomic E-state index is 13.0. The van der Waals surface area contributed by atoms with Gasteiger partial charge in [0, 0.05) is 11.0 Å². The Morgan fingerprint density at radius 3 is 2.22 bits per heavy atom. The fourth-order valence-corrected chi connectivity index (χ4v) is 2.64. The number of Topliss-reactive ketones (excluding diaryl/α,β-unsaturated/α-hetero) is 1. The first-order valence-corrected chi connectivity index (χ1v) is 7.50. The van der Waals surface area contributed by atoms with Gasteiger partial charge in [0.15, 0.2) is 5.78 Å². The van der Waals surface area contributed by atoms with Crippen molar-refractivity contribution in [3.05, 3.63) is 60.2 Å². The van der Waals surface area contributed by atoms with Crippen molar-refractivity contribution < 1.29 is 14.7 Å². The maximum Gasteiger partial charge on any atom is 0.320 e. The van der Waals surface area contributed by atoms with Crippen molar-refractivity contribution in [3.63, 3.8) is 0 Å². The van der Waals surface area contributed by atoms with E-state index in [1.807, 2.05) is 48.5 Å². The van der Waals surface area contributed by atoms with Crippen LogP contribution in [0.15, 0.2) is 54.6 Å². The molecule has 23 heavy (non-hydrogen) atoms. The number of rotatable bonds is 6. The largest absolute Gasteiger partial charge is 0.480 e. The predicted octanol–water partition coefficient (Wildman–Crippen LogP) is 3.36. The Bertz CT molecular complexity index is 708. The molecule has 4 nitrogen and oxygen atoms in total. The summed E-state index contributed by atoms with van der Waals surface area (Å²) in [4.78, 5) is 24.0. The summed E-state index contributed by atoms with van der Waals surface area (Å²) in [5.74, 6) is -1.20.